The van der Waals surface area contributed by atoms with Crippen LogP contribution < -0.4 is 11.5 Å². The van der Waals surface area contributed by atoms with E-state index in [0.717, 1.165) is 11.3 Å². The molecular weight excluding hydrogens is 176 g/mol. The van der Waals surface area contributed by atoms with Gasteiger partial charge in [0.15, 0.2) is 0 Å². The minimum absolute atomic E-state index is 0.601. The molecule has 0 atom stereocenters. The summed E-state index contributed by atoms with van der Waals surface area (Å²) in [7, 11) is 1.87. The van der Waals surface area contributed by atoms with Crippen molar-refractivity contribution >= 4 is 11.4 Å². The molecule has 0 bridgehead atoms. The van der Waals surface area contributed by atoms with Gasteiger partial charge in [0.25, 0.3) is 0 Å². The number of anilines is 2. The van der Waals surface area contributed by atoms with Crippen LogP contribution in [0.25, 0.3) is 11.3 Å². The van der Waals surface area contributed by atoms with Crippen molar-refractivity contribution < 1.29 is 0 Å². The smallest absolute Gasteiger partial charge is 0.0700 e. The SMILES string of the molecule is Cn1nccc1-c1cccc(N)c1N. The Kier molecular flexibility index (Phi) is 1.89. The first-order valence-corrected chi connectivity index (χ1v) is 4.32. The summed E-state index contributed by atoms with van der Waals surface area (Å²) in [6.45, 7) is 0. The fourth-order valence-corrected chi connectivity index (χ4v) is 1.44. The number of nitrogen functional groups attached to an aromatic ring is 2. The molecule has 0 unspecified atom stereocenters. The zero-order chi connectivity index (χ0) is 10.1. The van der Waals surface area contributed by atoms with Gasteiger partial charge in [0, 0.05) is 18.8 Å². The number of nitrogens with zero attached hydrogens (tertiary/aromatic N) is 2. The van der Waals surface area contributed by atoms with Crippen molar-refractivity contribution in [3.8, 4) is 11.3 Å². The molecule has 4 heteroatoms. The van der Waals surface area contributed by atoms with E-state index in [1.165, 1.54) is 0 Å². The zero-order valence-electron chi connectivity index (χ0n) is 7.94. The van der Waals surface area contributed by atoms with Crippen molar-refractivity contribution in [3.05, 3.63) is 30.5 Å². The van der Waals surface area contributed by atoms with Crippen LogP contribution in [-0.2, 0) is 7.05 Å². The first kappa shape index (κ1) is 8.62. The highest BCUT2D eigenvalue weighted by atomic mass is 15.3. The number of aromatic nitrogens is 2. The largest absolute Gasteiger partial charge is 0.397 e. The molecule has 72 valence electrons. The van der Waals surface area contributed by atoms with E-state index in [9.17, 15) is 0 Å². The van der Waals surface area contributed by atoms with Gasteiger partial charge in [-0.15, -0.1) is 0 Å². The van der Waals surface area contributed by atoms with E-state index in [1.807, 2.05) is 25.2 Å². The lowest BCUT2D eigenvalue weighted by molar-refractivity contribution is 0.776. The predicted molar refractivity (Wildman–Crippen MR) is 57.5 cm³/mol. The van der Waals surface area contributed by atoms with Crippen LogP contribution in [0.5, 0.6) is 0 Å². The van der Waals surface area contributed by atoms with Gasteiger partial charge in [0.2, 0.25) is 0 Å². The molecule has 0 aliphatic rings. The number of hydrogen-bond donors (Lipinski definition) is 2. The summed E-state index contributed by atoms with van der Waals surface area (Å²) in [5, 5.41) is 4.08. The third kappa shape index (κ3) is 1.21. The molecule has 0 radical (unpaired) electrons. The molecule has 0 spiro atoms. The molecule has 2 rings (SSSR count). The summed E-state index contributed by atoms with van der Waals surface area (Å²) in [4.78, 5) is 0. The molecule has 14 heavy (non-hydrogen) atoms. The van der Waals surface area contributed by atoms with Crippen LogP contribution in [0, 0.1) is 0 Å². The average molecular weight is 188 g/mol. The summed E-state index contributed by atoms with van der Waals surface area (Å²) in [6, 6.07) is 7.51. The third-order valence-corrected chi connectivity index (χ3v) is 2.24. The van der Waals surface area contributed by atoms with Gasteiger partial charge >= 0.3 is 0 Å². The van der Waals surface area contributed by atoms with E-state index in [2.05, 4.69) is 5.10 Å². The Labute approximate surface area is 82.1 Å². The Morgan fingerprint density at radius 3 is 2.64 bits per heavy atom. The summed E-state index contributed by atoms with van der Waals surface area (Å²) in [5.41, 5.74) is 14.7. The van der Waals surface area contributed by atoms with E-state index in [4.69, 9.17) is 11.5 Å². The number of aryl methyl sites for hydroxylation is 1. The van der Waals surface area contributed by atoms with Gasteiger partial charge in [-0.2, -0.15) is 5.10 Å². The fourth-order valence-electron chi connectivity index (χ4n) is 1.44. The highest BCUT2D eigenvalue weighted by Crippen LogP contribution is 2.28. The molecule has 4 N–H and O–H groups in total. The van der Waals surface area contributed by atoms with Crippen LogP contribution in [0.2, 0.25) is 0 Å². The number of nitrogens with two attached hydrogens (primary N) is 2. The minimum Gasteiger partial charge on any atom is -0.397 e. The van der Waals surface area contributed by atoms with Gasteiger partial charge in [-0.05, 0) is 12.1 Å². The molecule has 2 aromatic rings. The maximum atomic E-state index is 5.88. The summed E-state index contributed by atoms with van der Waals surface area (Å²) >= 11 is 0. The molecule has 4 nitrogen and oxygen atoms in total. The molecule has 1 aromatic carbocycles. The van der Waals surface area contributed by atoms with Crippen LogP contribution in [-0.4, -0.2) is 9.78 Å². The zero-order valence-corrected chi connectivity index (χ0v) is 7.94. The van der Waals surface area contributed by atoms with Crippen LogP contribution >= 0.6 is 0 Å². The molecule has 1 aromatic heterocycles. The molecule has 0 amide bonds. The normalized spacial score (nSPS) is 10.4. The quantitative estimate of drug-likeness (QED) is 0.662. The van der Waals surface area contributed by atoms with Crippen molar-refractivity contribution in [2.45, 2.75) is 0 Å². The predicted octanol–water partition coefficient (Wildman–Crippen LogP) is 1.25. The lowest BCUT2D eigenvalue weighted by Gasteiger charge is -2.07. The lowest BCUT2D eigenvalue weighted by Crippen LogP contribution is -2.00. The maximum Gasteiger partial charge on any atom is 0.0700 e. The molecule has 0 saturated heterocycles. The van der Waals surface area contributed by atoms with Gasteiger partial charge in [0.1, 0.15) is 0 Å². The summed E-state index contributed by atoms with van der Waals surface area (Å²) in [5.74, 6) is 0. The molecular formula is C10H12N4. The van der Waals surface area contributed by atoms with E-state index in [0.29, 0.717) is 11.4 Å². The highest BCUT2D eigenvalue weighted by molar-refractivity contribution is 5.82. The van der Waals surface area contributed by atoms with E-state index < -0.39 is 0 Å². The summed E-state index contributed by atoms with van der Waals surface area (Å²) < 4.78 is 1.77. The average Bonchev–Trinajstić information content (AvgIpc) is 2.57. The Balaban J connectivity index is 2.63. The number of rotatable bonds is 1. The number of benzene rings is 1. The van der Waals surface area contributed by atoms with E-state index in [1.54, 1.807) is 16.9 Å². The first-order chi connectivity index (χ1) is 6.70. The topological polar surface area (TPSA) is 69.9 Å². The van der Waals surface area contributed by atoms with Crippen LogP contribution in [0.15, 0.2) is 30.5 Å². The van der Waals surface area contributed by atoms with Gasteiger partial charge in [-0.25, -0.2) is 0 Å². The molecule has 0 saturated carbocycles. The third-order valence-electron chi connectivity index (χ3n) is 2.24. The molecule has 0 aliphatic heterocycles. The van der Waals surface area contributed by atoms with Crippen LogP contribution in [0.4, 0.5) is 11.4 Å². The second kappa shape index (κ2) is 3.06. The van der Waals surface area contributed by atoms with Crippen LogP contribution in [0.1, 0.15) is 0 Å². The minimum atomic E-state index is 0.601. The number of hydrogen-bond acceptors (Lipinski definition) is 3. The van der Waals surface area contributed by atoms with Gasteiger partial charge < -0.3 is 11.5 Å². The lowest BCUT2D eigenvalue weighted by atomic mass is 10.1. The Hall–Kier alpha value is -1.97. The monoisotopic (exact) mass is 188 g/mol. The van der Waals surface area contributed by atoms with Crippen molar-refractivity contribution in [1.82, 2.24) is 9.78 Å². The van der Waals surface area contributed by atoms with Crippen LogP contribution in [0.3, 0.4) is 0 Å². The summed E-state index contributed by atoms with van der Waals surface area (Å²) in [6.07, 6.45) is 1.73. The molecule has 0 aliphatic carbocycles. The van der Waals surface area contributed by atoms with E-state index >= 15 is 0 Å². The fraction of sp³-hybridized carbons (Fsp3) is 0.100. The van der Waals surface area contributed by atoms with Crippen molar-refractivity contribution in [3.63, 3.8) is 0 Å². The molecule has 1 heterocycles. The van der Waals surface area contributed by atoms with Crippen molar-refractivity contribution in [2.75, 3.05) is 11.5 Å². The second-order valence-electron chi connectivity index (χ2n) is 3.15. The standard InChI is InChI=1S/C10H12N4/c1-14-9(5-6-13-14)7-3-2-4-8(11)10(7)12/h2-6H,11-12H2,1H3. The van der Waals surface area contributed by atoms with Gasteiger partial charge in [0.05, 0.1) is 17.1 Å². The first-order valence-electron chi connectivity index (χ1n) is 4.32. The van der Waals surface area contributed by atoms with Crippen molar-refractivity contribution in [1.29, 1.82) is 0 Å². The number of para-hydroxylation sites is 1. The maximum absolute atomic E-state index is 5.88. The Morgan fingerprint density at radius 2 is 2.00 bits per heavy atom. The van der Waals surface area contributed by atoms with E-state index in [-0.39, 0.29) is 0 Å². The van der Waals surface area contributed by atoms with Gasteiger partial charge in [-0.1, -0.05) is 12.1 Å². The Morgan fingerprint density at radius 1 is 1.21 bits per heavy atom. The Bertz CT molecular complexity index is 459. The second-order valence-corrected chi connectivity index (χ2v) is 3.15. The molecule has 0 fully saturated rings. The van der Waals surface area contributed by atoms with Crippen molar-refractivity contribution in [2.24, 2.45) is 7.05 Å². The van der Waals surface area contributed by atoms with Gasteiger partial charge in [-0.3, -0.25) is 4.68 Å². The highest BCUT2D eigenvalue weighted by Gasteiger charge is 2.07.